The molecular formula is C13H14N2O2S3. The monoisotopic (exact) mass is 326 g/mol. The van der Waals surface area contributed by atoms with Crippen LogP contribution in [0.15, 0.2) is 39.9 Å². The molecule has 0 atom stereocenters. The zero-order valence-electron chi connectivity index (χ0n) is 10.8. The second-order valence-electron chi connectivity index (χ2n) is 4.26. The highest BCUT2D eigenvalue weighted by atomic mass is 32.2. The number of sulfonamides is 1. The first-order valence-electron chi connectivity index (χ1n) is 5.82. The Morgan fingerprint density at radius 1 is 1.35 bits per heavy atom. The molecule has 20 heavy (non-hydrogen) atoms. The summed E-state index contributed by atoms with van der Waals surface area (Å²) in [7, 11) is -3.64. The van der Waals surface area contributed by atoms with Crippen molar-refractivity contribution in [3.05, 3.63) is 51.7 Å². The van der Waals surface area contributed by atoms with E-state index in [1.807, 2.05) is 17.7 Å². The van der Waals surface area contributed by atoms with Gasteiger partial charge >= 0.3 is 0 Å². The third-order valence-electron chi connectivity index (χ3n) is 2.86. The predicted octanol–water partition coefficient (Wildman–Crippen LogP) is 2.17. The minimum atomic E-state index is -3.64. The summed E-state index contributed by atoms with van der Waals surface area (Å²) in [4.78, 5) is 0.179. The number of nitrogens with one attached hydrogen (secondary N) is 1. The fraction of sp³-hybridized carbons (Fsp3) is 0.154. The highest BCUT2D eigenvalue weighted by Gasteiger charge is 2.19. The molecule has 0 radical (unpaired) electrons. The van der Waals surface area contributed by atoms with Crippen LogP contribution in [0, 0.1) is 6.92 Å². The Labute approximate surface area is 127 Å². The summed E-state index contributed by atoms with van der Waals surface area (Å²) in [6.07, 6.45) is 0. The van der Waals surface area contributed by atoms with Crippen molar-refractivity contribution in [1.82, 2.24) is 4.72 Å². The number of hydrogen-bond acceptors (Lipinski definition) is 4. The molecule has 2 rings (SSSR count). The van der Waals surface area contributed by atoms with Crippen molar-refractivity contribution < 1.29 is 8.42 Å². The number of benzene rings is 1. The van der Waals surface area contributed by atoms with Crippen LogP contribution in [-0.2, 0) is 16.6 Å². The van der Waals surface area contributed by atoms with E-state index in [0.29, 0.717) is 5.56 Å². The molecule has 1 aromatic heterocycles. The van der Waals surface area contributed by atoms with Crippen LogP contribution in [0.3, 0.4) is 0 Å². The van der Waals surface area contributed by atoms with Gasteiger partial charge in [0.15, 0.2) is 0 Å². The molecule has 7 heteroatoms. The zero-order chi connectivity index (χ0) is 14.8. The van der Waals surface area contributed by atoms with Crippen molar-refractivity contribution in [3.8, 4) is 0 Å². The highest BCUT2D eigenvalue weighted by molar-refractivity contribution is 7.89. The van der Waals surface area contributed by atoms with Crippen molar-refractivity contribution in [1.29, 1.82) is 0 Å². The number of thiocarbonyl (C=S) groups is 1. The maximum Gasteiger partial charge on any atom is 0.241 e. The third kappa shape index (κ3) is 3.24. The fourth-order valence-electron chi connectivity index (χ4n) is 1.72. The van der Waals surface area contributed by atoms with Gasteiger partial charge in [-0.15, -0.1) is 0 Å². The topological polar surface area (TPSA) is 72.2 Å². The number of rotatable bonds is 5. The Bertz CT molecular complexity index is 736. The van der Waals surface area contributed by atoms with Crippen molar-refractivity contribution in [2.24, 2.45) is 5.73 Å². The van der Waals surface area contributed by atoms with Crippen LogP contribution in [0.4, 0.5) is 0 Å². The maximum atomic E-state index is 12.3. The number of thiophene rings is 1. The lowest BCUT2D eigenvalue weighted by Crippen LogP contribution is -2.26. The SMILES string of the molecule is Cc1cscc1CNS(=O)(=O)c1ccccc1C(N)=S. The fourth-order valence-corrected chi connectivity index (χ4v) is 4.05. The molecule has 1 aromatic carbocycles. The lowest BCUT2D eigenvalue weighted by molar-refractivity contribution is 0.581. The van der Waals surface area contributed by atoms with Crippen LogP contribution in [0.1, 0.15) is 16.7 Å². The standard InChI is InChI=1S/C13H14N2O2S3/c1-9-7-19-8-10(9)6-15-20(16,17)12-5-3-2-4-11(12)13(14)18/h2-5,7-8,15H,6H2,1H3,(H2,14,18). The predicted molar refractivity (Wildman–Crippen MR) is 85.4 cm³/mol. The van der Waals surface area contributed by atoms with Crippen molar-refractivity contribution >= 4 is 38.6 Å². The second-order valence-corrected chi connectivity index (χ2v) is 7.18. The van der Waals surface area contributed by atoms with Gasteiger partial charge in [0.05, 0.1) is 4.90 Å². The van der Waals surface area contributed by atoms with Gasteiger partial charge in [-0.3, -0.25) is 0 Å². The first-order chi connectivity index (χ1) is 9.42. The molecule has 0 unspecified atom stereocenters. The van der Waals surface area contributed by atoms with E-state index in [4.69, 9.17) is 18.0 Å². The second kappa shape index (κ2) is 6.01. The minimum absolute atomic E-state index is 0.0673. The van der Waals surface area contributed by atoms with Crippen LogP contribution in [0.2, 0.25) is 0 Å². The lowest BCUT2D eigenvalue weighted by Gasteiger charge is -2.10. The molecule has 0 saturated carbocycles. The van der Waals surface area contributed by atoms with Crippen molar-refractivity contribution in [2.45, 2.75) is 18.4 Å². The molecule has 0 spiro atoms. The van der Waals surface area contributed by atoms with Gasteiger partial charge in [-0.25, -0.2) is 13.1 Å². The molecule has 0 aliphatic carbocycles. The van der Waals surface area contributed by atoms with E-state index in [2.05, 4.69) is 4.72 Å². The molecule has 0 bridgehead atoms. The summed E-state index contributed by atoms with van der Waals surface area (Å²) < 4.78 is 27.3. The Balaban J connectivity index is 2.27. The maximum absolute atomic E-state index is 12.3. The van der Waals surface area contributed by atoms with Gasteiger partial charge in [0.2, 0.25) is 10.0 Å². The summed E-state index contributed by atoms with van der Waals surface area (Å²) in [6.45, 7) is 2.20. The van der Waals surface area contributed by atoms with Crippen LogP contribution < -0.4 is 10.5 Å². The first kappa shape index (κ1) is 15.1. The van der Waals surface area contributed by atoms with Gasteiger partial charge in [0, 0.05) is 12.1 Å². The Hall–Kier alpha value is -1.28. The van der Waals surface area contributed by atoms with Gasteiger partial charge < -0.3 is 5.73 Å². The molecule has 3 N–H and O–H groups in total. The first-order valence-corrected chi connectivity index (χ1v) is 8.65. The normalized spacial score (nSPS) is 11.4. The van der Waals surface area contributed by atoms with Crippen LogP contribution in [0.5, 0.6) is 0 Å². The van der Waals surface area contributed by atoms with Crippen LogP contribution in [-0.4, -0.2) is 13.4 Å². The van der Waals surface area contributed by atoms with Gasteiger partial charge in [-0.2, -0.15) is 11.3 Å². The summed E-state index contributed by atoms with van der Waals surface area (Å²) in [5.74, 6) is 0. The molecule has 2 aromatic rings. The summed E-state index contributed by atoms with van der Waals surface area (Å²) in [5, 5.41) is 3.91. The van der Waals surface area contributed by atoms with Crippen LogP contribution in [0.25, 0.3) is 0 Å². The number of hydrogen-bond donors (Lipinski definition) is 2. The average Bonchev–Trinajstić information content (AvgIpc) is 2.82. The highest BCUT2D eigenvalue weighted by Crippen LogP contribution is 2.17. The van der Waals surface area contributed by atoms with E-state index in [9.17, 15) is 8.42 Å². The third-order valence-corrected chi connectivity index (χ3v) is 5.45. The Morgan fingerprint density at radius 2 is 2.05 bits per heavy atom. The van der Waals surface area contributed by atoms with Crippen molar-refractivity contribution in [2.75, 3.05) is 0 Å². The quantitative estimate of drug-likeness (QED) is 0.826. The molecule has 4 nitrogen and oxygen atoms in total. The number of aryl methyl sites for hydroxylation is 1. The molecule has 0 saturated heterocycles. The Morgan fingerprint density at radius 3 is 2.65 bits per heavy atom. The Kier molecular flexibility index (Phi) is 4.54. The molecule has 1 heterocycles. The van der Waals surface area contributed by atoms with E-state index in [0.717, 1.165) is 11.1 Å². The minimum Gasteiger partial charge on any atom is -0.389 e. The molecule has 0 aliphatic rings. The zero-order valence-corrected chi connectivity index (χ0v) is 13.2. The van der Waals surface area contributed by atoms with E-state index >= 15 is 0 Å². The molecule has 106 valence electrons. The largest absolute Gasteiger partial charge is 0.389 e. The number of nitrogens with two attached hydrogens (primary N) is 1. The van der Waals surface area contributed by atoms with Crippen LogP contribution >= 0.6 is 23.6 Å². The van der Waals surface area contributed by atoms with Gasteiger partial charge in [-0.05, 0) is 34.9 Å². The average molecular weight is 326 g/mol. The molecule has 0 fully saturated rings. The summed E-state index contributed by atoms with van der Waals surface area (Å²) >= 11 is 6.44. The summed E-state index contributed by atoms with van der Waals surface area (Å²) in [5.41, 5.74) is 7.96. The molecule has 0 amide bonds. The van der Waals surface area contributed by atoms with Gasteiger partial charge in [-0.1, -0.05) is 30.4 Å². The molecular weight excluding hydrogens is 312 g/mol. The molecule has 0 aliphatic heterocycles. The van der Waals surface area contributed by atoms with Gasteiger partial charge in [0.1, 0.15) is 4.99 Å². The lowest BCUT2D eigenvalue weighted by atomic mass is 10.2. The van der Waals surface area contributed by atoms with E-state index in [-0.39, 0.29) is 16.4 Å². The summed E-state index contributed by atoms with van der Waals surface area (Å²) in [6, 6.07) is 6.45. The van der Waals surface area contributed by atoms with E-state index in [1.54, 1.807) is 29.5 Å². The van der Waals surface area contributed by atoms with Crippen molar-refractivity contribution in [3.63, 3.8) is 0 Å². The van der Waals surface area contributed by atoms with Gasteiger partial charge in [0.25, 0.3) is 0 Å². The smallest absolute Gasteiger partial charge is 0.241 e. The van der Waals surface area contributed by atoms with E-state index < -0.39 is 10.0 Å². The van der Waals surface area contributed by atoms with E-state index in [1.165, 1.54) is 6.07 Å².